The summed E-state index contributed by atoms with van der Waals surface area (Å²) in [6, 6.07) is 18.2. The molecule has 0 saturated heterocycles. The molecule has 53 heavy (non-hydrogen) atoms. The number of nitrogens with zero attached hydrogens (tertiary/aromatic N) is 2. The quantitative estimate of drug-likeness (QED) is 0.0810. The number of benzene rings is 3. The molecule has 273 valence electrons. The van der Waals surface area contributed by atoms with Crippen LogP contribution in [0.5, 0.6) is 0 Å². The van der Waals surface area contributed by atoms with Crippen molar-refractivity contribution in [3.63, 3.8) is 0 Å². The summed E-state index contributed by atoms with van der Waals surface area (Å²) in [5.41, 5.74) is 1.81. The summed E-state index contributed by atoms with van der Waals surface area (Å²) in [6.07, 6.45) is -6.06. The summed E-state index contributed by atoms with van der Waals surface area (Å²) >= 11 is 1.16. The summed E-state index contributed by atoms with van der Waals surface area (Å²) in [5.74, 6) is -5.43. The average Bonchev–Trinajstić information content (AvgIpc) is 3.66. The first-order valence-corrected chi connectivity index (χ1v) is 15.8. The van der Waals surface area contributed by atoms with Crippen molar-refractivity contribution in [3.8, 4) is 22.3 Å². The Morgan fingerprint density at radius 3 is 1.43 bits per heavy atom. The molecule has 0 spiro atoms. The maximum Gasteiger partial charge on any atom is 0.414 e. The van der Waals surface area contributed by atoms with Gasteiger partial charge in [-0.05, 0) is 70.1 Å². The molecule has 0 aliphatic heterocycles. The Bertz CT molecular complexity index is 2220. The Balaban J connectivity index is 0.000000354. The predicted octanol–water partition coefficient (Wildman–Crippen LogP) is 7.00. The van der Waals surface area contributed by atoms with E-state index < -0.39 is 48.7 Å². The molecule has 2 atom stereocenters. The third-order valence-corrected chi connectivity index (χ3v) is 8.87. The van der Waals surface area contributed by atoms with Gasteiger partial charge in [0.2, 0.25) is 0 Å². The second kappa shape index (κ2) is 17.0. The van der Waals surface area contributed by atoms with E-state index in [1.165, 1.54) is 54.9 Å². The normalized spacial score (nSPS) is 12.2. The fraction of sp³-hybridized carbons (Fsp3) is 0.111. The van der Waals surface area contributed by atoms with E-state index in [4.69, 9.17) is 5.11 Å². The van der Waals surface area contributed by atoms with Gasteiger partial charge in [-0.25, -0.2) is 19.2 Å². The molecular formula is C36H25EuF3N2O10S. The summed E-state index contributed by atoms with van der Waals surface area (Å²) < 4.78 is 35.7. The number of rotatable bonds is 9. The van der Waals surface area contributed by atoms with Crippen LogP contribution in [0.1, 0.15) is 58.8 Å². The third-order valence-electron chi connectivity index (χ3n) is 7.90. The van der Waals surface area contributed by atoms with E-state index in [9.17, 15) is 57.9 Å². The molecule has 1 radical (unpaired) electrons. The number of fused-ring (bicyclic) bond motifs is 3. The monoisotopic (exact) mass is 887 g/mol. The molecule has 0 aliphatic carbocycles. The minimum Gasteiger partial charge on any atom is -0.478 e. The van der Waals surface area contributed by atoms with Gasteiger partial charge in [-0.15, -0.1) is 11.3 Å². The van der Waals surface area contributed by atoms with Crippen molar-refractivity contribution in [2.24, 2.45) is 0 Å². The van der Waals surface area contributed by atoms with E-state index in [1.807, 2.05) is 0 Å². The minimum absolute atomic E-state index is 0. The molecule has 6 aromatic rings. The van der Waals surface area contributed by atoms with Crippen LogP contribution in [0.15, 0.2) is 90.6 Å². The molecular weight excluding hydrogens is 861 g/mol. The van der Waals surface area contributed by atoms with E-state index in [0.29, 0.717) is 48.9 Å². The number of carboxylic acid groups (broad SMARTS) is 4. The zero-order valence-corrected chi connectivity index (χ0v) is 29.9. The Kier molecular flexibility index (Phi) is 13.2. The van der Waals surface area contributed by atoms with E-state index in [2.05, 4.69) is 9.97 Å². The van der Waals surface area contributed by atoms with Crippen LogP contribution in [0.25, 0.3) is 44.1 Å². The molecule has 6 N–H and O–H groups in total. The van der Waals surface area contributed by atoms with Crippen LogP contribution in [-0.2, 0) is 0 Å². The molecule has 0 aliphatic rings. The van der Waals surface area contributed by atoms with Crippen LogP contribution < -0.4 is 0 Å². The van der Waals surface area contributed by atoms with Crippen LogP contribution in [0.2, 0.25) is 0 Å². The van der Waals surface area contributed by atoms with Gasteiger partial charge in [-0.2, -0.15) is 13.2 Å². The number of hydrogen-bond acceptors (Lipinski definition) is 9. The summed E-state index contributed by atoms with van der Waals surface area (Å²) in [7, 11) is 0. The minimum atomic E-state index is -4.67. The third kappa shape index (κ3) is 9.12. The van der Waals surface area contributed by atoms with Crippen molar-refractivity contribution in [1.82, 2.24) is 9.97 Å². The van der Waals surface area contributed by atoms with Crippen molar-refractivity contribution >= 4 is 57.0 Å². The summed E-state index contributed by atoms with van der Waals surface area (Å²) in [5, 5.41) is 58.6. The number of aliphatic hydroxyl groups is 2. The molecule has 12 nitrogen and oxygen atoms in total. The van der Waals surface area contributed by atoms with E-state index >= 15 is 0 Å². The Hall–Kier alpha value is -4.65. The van der Waals surface area contributed by atoms with Crippen LogP contribution in [0, 0.1) is 49.4 Å². The number of aromatic carboxylic acids is 4. The number of carbonyl (C=O) groups is 4. The SMILES string of the molecule is O=C(O)c1ccc(-c2ccnc3c2ccc2c(-c4ccc(C(=O)O)c(C(=O)O)c4)ccnc23)cc1C(=O)O.OC(CC(O)C(F)(F)F)c1cccs1.[Eu]. The van der Waals surface area contributed by atoms with Crippen LogP contribution in [0.3, 0.4) is 0 Å². The van der Waals surface area contributed by atoms with Crippen molar-refractivity contribution < 1.29 is 112 Å². The fourth-order valence-electron chi connectivity index (χ4n) is 5.42. The molecule has 17 heteroatoms. The van der Waals surface area contributed by atoms with Gasteiger partial charge in [-0.1, -0.05) is 30.3 Å². The maximum absolute atomic E-state index is 11.9. The second-order valence-corrected chi connectivity index (χ2v) is 12.1. The first kappa shape index (κ1) is 41.1. The number of alkyl halides is 3. The van der Waals surface area contributed by atoms with Gasteiger partial charge in [0.1, 0.15) is 0 Å². The topological polar surface area (TPSA) is 215 Å². The molecule has 0 amide bonds. The van der Waals surface area contributed by atoms with Gasteiger partial charge in [-0.3, -0.25) is 9.97 Å². The molecule has 0 saturated carbocycles. The van der Waals surface area contributed by atoms with Crippen LogP contribution in [0.4, 0.5) is 13.2 Å². The largest absolute Gasteiger partial charge is 0.478 e. The van der Waals surface area contributed by atoms with E-state index in [1.54, 1.807) is 35.7 Å². The summed E-state index contributed by atoms with van der Waals surface area (Å²) in [6.45, 7) is 0. The van der Waals surface area contributed by atoms with Crippen molar-refractivity contribution in [2.45, 2.75) is 24.8 Å². The van der Waals surface area contributed by atoms with Gasteiger partial charge < -0.3 is 30.6 Å². The number of pyridine rings is 2. The molecule has 3 heterocycles. The second-order valence-electron chi connectivity index (χ2n) is 11.1. The van der Waals surface area contributed by atoms with Crippen LogP contribution >= 0.6 is 11.3 Å². The van der Waals surface area contributed by atoms with Gasteiger partial charge >= 0.3 is 30.1 Å². The zero-order chi connectivity index (χ0) is 37.9. The molecule has 2 unspecified atom stereocenters. The number of hydrogen-bond donors (Lipinski definition) is 6. The molecule has 6 rings (SSSR count). The fourth-order valence-corrected chi connectivity index (χ4v) is 6.15. The van der Waals surface area contributed by atoms with Gasteiger partial charge in [0.15, 0.2) is 6.10 Å². The Labute approximate surface area is 341 Å². The van der Waals surface area contributed by atoms with Crippen molar-refractivity contribution in [1.29, 1.82) is 0 Å². The molecule has 3 aromatic carbocycles. The van der Waals surface area contributed by atoms with Gasteiger partial charge in [0.05, 0.1) is 39.4 Å². The van der Waals surface area contributed by atoms with Crippen molar-refractivity contribution in [3.05, 3.63) is 118 Å². The summed E-state index contributed by atoms with van der Waals surface area (Å²) in [4.78, 5) is 55.6. The smallest absolute Gasteiger partial charge is 0.414 e. The first-order valence-electron chi connectivity index (χ1n) is 14.9. The van der Waals surface area contributed by atoms with Gasteiger partial charge in [0.25, 0.3) is 0 Å². The number of aliphatic hydroxyl groups excluding tert-OH is 2. The first-order chi connectivity index (χ1) is 24.6. The maximum atomic E-state index is 11.9. The Morgan fingerprint density at radius 2 is 1.08 bits per heavy atom. The molecule has 0 fully saturated rings. The molecule has 0 bridgehead atoms. The van der Waals surface area contributed by atoms with Crippen molar-refractivity contribution in [2.75, 3.05) is 0 Å². The zero-order valence-electron chi connectivity index (χ0n) is 26.7. The standard InChI is InChI=1S/C28H16N2O8.C8H9F3O2S.Eu/c31-25(32)19-3-1-13(11-21(19)27(35)36)15-7-9-29-23-17(15)5-6-18-16(8-10-30-24(18)23)14-2-4-20(26(33)34)22(12-14)28(37)38;9-8(10,11)7(13)4-5(12)6-2-1-3-14-6;/h1-12H,(H,31,32)(H,33,34)(H,35,36)(H,37,38);1-3,5,7,12-13H,4H2;. The van der Waals surface area contributed by atoms with Crippen LogP contribution in [-0.4, -0.2) is 76.8 Å². The van der Waals surface area contributed by atoms with E-state index in [0.717, 1.165) is 11.3 Å². The molecule has 3 aromatic heterocycles. The number of aromatic nitrogens is 2. The predicted molar refractivity (Wildman–Crippen MR) is 182 cm³/mol. The average molecular weight is 887 g/mol. The number of thiophene rings is 1. The Morgan fingerprint density at radius 1 is 0.642 bits per heavy atom. The number of carboxylic acids is 4. The van der Waals surface area contributed by atoms with E-state index in [-0.39, 0.29) is 71.6 Å². The van der Waals surface area contributed by atoms with Gasteiger partial charge in [0, 0.05) is 83.8 Å². The number of halogens is 3.